The van der Waals surface area contributed by atoms with Gasteiger partial charge in [0, 0.05) is 41.2 Å². The fraction of sp³-hybridized carbons (Fsp3) is 0.462. The number of carboxylic acid groups (broad SMARTS) is 2. The topological polar surface area (TPSA) is 128 Å². The quantitative estimate of drug-likeness (QED) is 0.173. The van der Waals surface area contributed by atoms with Gasteiger partial charge in [0.1, 0.15) is 11.6 Å². The molecule has 0 aromatic heterocycles. The highest BCUT2D eigenvalue weighted by Gasteiger charge is 2.65. The van der Waals surface area contributed by atoms with E-state index in [1.54, 1.807) is 18.2 Å². The Hall–Kier alpha value is -3.86. The Bertz CT molecular complexity index is 1840. The van der Waals surface area contributed by atoms with Gasteiger partial charge in [-0.1, -0.05) is 68.2 Å². The number of rotatable bonds is 9. The van der Waals surface area contributed by atoms with Gasteiger partial charge in [0.15, 0.2) is 0 Å². The number of fused-ring (bicyclic) bond motifs is 2. The molecule has 1 amide bonds. The summed E-state index contributed by atoms with van der Waals surface area (Å²) in [6.45, 7) is 7.24. The van der Waals surface area contributed by atoms with Gasteiger partial charge in [-0.15, -0.1) is 0 Å². The van der Waals surface area contributed by atoms with Gasteiger partial charge in [-0.25, -0.2) is 9.18 Å². The molecule has 0 radical (unpaired) electrons. The van der Waals surface area contributed by atoms with Crippen molar-refractivity contribution in [2.24, 2.45) is 17.3 Å². The molecule has 1 saturated carbocycles. The van der Waals surface area contributed by atoms with Crippen molar-refractivity contribution in [3.8, 4) is 5.75 Å². The molecule has 1 saturated heterocycles. The summed E-state index contributed by atoms with van der Waals surface area (Å²) in [5, 5.41) is 26.8. The Morgan fingerprint density at radius 2 is 1.75 bits per heavy atom. The SMILES string of the molecule is COc1cccc(C(=O)O)c1NC(=O)C1C(c2cccc(Cl)c2F)C2(CNc3cc(Cl)ccc32)C(CC(C)(C)C)N1CC1CCC(C(=O)O)CC1. The molecular weight excluding hydrogens is 696 g/mol. The van der Waals surface area contributed by atoms with E-state index in [1.165, 1.54) is 25.3 Å². The third kappa shape index (κ3) is 6.90. The van der Waals surface area contributed by atoms with Crippen LogP contribution in [0.3, 0.4) is 0 Å². The van der Waals surface area contributed by atoms with Crippen molar-refractivity contribution in [2.45, 2.75) is 76.3 Å². The van der Waals surface area contributed by atoms with E-state index in [0.29, 0.717) is 50.2 Å². The number of anilines is 2. The lowest BCUT2D eigenvalue weighted by Gasteiger charge is -2.42. The minimum absolute atomic E-state index is 0.00906. The van der Waals surface area contributed by atoms with E-state index in [-0.39, 0.29) is 45.0 Å². The number of carboxylic acids is 2. The molecule has 3 aromatic carbocycles. The van der Waals surface area contributed by atoms with Crippen LogP contribution in [0.2, 0.25) is 10.0 Å². The summed E-state index contributed by atoms with van der Waals surface area (Å²) in [4.78, 5) is 41.6. The highest BCUT2D eigenvalue weighted by molar-refractivity contribution is 6.31. The molecular formula is C39H44Cl2FN3O6. The zero-order chi connectivity index (χ0) is 36.8. The number of likely N-dealkylation sites (tertiary alicyclic amines) is 1. The van der Waals surface area contributed by atoms with Crippen LogP contribution in [0, 0.1) is 23.1 Å². The van der Waals surface area contributed by atoms with Gasteiger partial charge in [-0.05, 0) is 84.9 Å². The Morgan fingerprint density at radius 3 is 2.39 bits per heavy atom. The van der Waals surface area contributed by atoms with Crippen LogP contribution in [0.15, 0.2) is 54.6 Å². The van der Waals surface area contributed by atoms with Crippen molar-refractivity contribution in [1.82, 2.24) is 4.90 Å². The van der Waals surface area contributed by atoms with Crippen LogP contribution in [0.1, 0.15) is 80.3 Å². The minimum atomic E-state index is -1.24. The molecule has 51 heavy (non-hydrogen) atoms. The first-order valence-corrected chi connectivity index (χ1v) is 18.1. The summed E-state index contributed by atoms with van der Waals surface area (Å²) in [6, 6.07) is 13.7. The zero-order valence-corrected chi connectivity index (χ0v) is 30.7. The maximum absolute atomic E-state index is 16.6. The number of aliphatic carboxylic acids is 1. The highest BCUT2D eigenvalue weighted by Crippen LogP contribution is 2.60. The number of benzene rings is 3. The third-order valence-corrected chi connectivity index (χ3v) is 11.6. The van der Waals surface area contributed by atoms with Crippen molar-refractivity contribution in [3.63, 3.8) is 0 Å². The predicted molar refractivity (Wildman–Crippen MR) is 196 cm³/mol. The number of para-hydroxylation sites is 1. The average Bonchev–Trinajstić information content (AvgIpc) is 3.56. The second-order valence-corrected chi connectivity index (χ2v) is 16.2. The summed E-state index contributed by atoms with van der Waals surface area (Å²) in [7, 11) is 1.40. The van der Waals surface area contributed by atoms with Gasteiger partial charge in [0.25, 0.3) is 0 Å². The summed E-state index contributed by atoms with van der Waals surface area (Å²) < 4.78 is 22.1. The van der Waals surface area contributed by atoms with Crippen molar-refractivity contribution in [2.75, 3.05) is 30.8 Å². The molecule has 2 aliphatic heterocycles. The summed E-state index contributed by atoms with van der Waals surface area (Å²) >= 11 is 13.0. The molecule has 2 heterocycles. The van der Waals surface area contributed by atoms with E-state index in [0.717, 1.165) is 11.3 Å². The van der Waals surface area contributed by atoms with E-state index < -0.39 is 47.0 Å². The summed E-state index contributed by atoms with van der Waals surface area (Å²) in [5.74, 6) is -4.14. The molecule has 12 heteroatoms. The number of carbonyl (C=O) groups excluding carboxylic acids is 1. The van der Waals surface area contributed by atoms with Gasteiger partial charge in [-0.3, -0.25) is 14.5 Å². The highest BCUT2D eigenvalue weighted by atomic mass is 35.5. The van der Waals surface area contributed by atoms with Gasteiger partial charge < -0.3 is 25.6 Å². The number of carbonyl (C=O) groups is 3. The van der Waals surface area contributed by atoms with E-state index in [4.69, 9.17) is 27.9 Å². The summed E-state index contributed by atoms with van der Waals surface area (Å²) in [6.07, 6.45) is 3.00. The molecule has 4 N–H and O–H groups in total. The number of hydrogen-bond donors (Lipinski definition) is 4. The van der Waals surface area contributed by atoms with Crippen molar-refractivity contribution < 1.29 is 33.7 Å². The number of ether oxygens (including phenoxy) is 1. The Kier molecular flexibility index (Phi) is 10.3. The number of halogens is 3. The molecule has 4 unspecified atom stereocenters. The Labute approximate surface area is 307 Å². The van der Waals surface area contributed by atoms with Gasteiger partial charge in [0.2, 0.25) is 5.91 Å². The summed E-state index contributed by atoms with van der Waals surface area (Å²) in [5.41, 5.74) is 0.743. The van der Waals surface area contributed by atoms with Crippen LogP contribution in [0.5, 0.6) is 5.75 Å². The molecule has 4 atom stereocenters. The molecule has 0 bridgehead atoms. The van der Waals surface area contributed by atoms with Crippen molar-refractivity contribution >= 4 is 52.4 Å². The maximum atomic E-state index is 16.6. The van der Waals surface area contributed by atoms with Crippen molar-refractivity contribution in [3.05, 3.63) is 87.2 Å². The molecule has 1 spiro atoms. The zero-order valence-electron chi connectivity index (χ0n) is 29.1. The van der Waals surface area contributed by atoms with Crippen molar-refractivity contribution in [1.29, 1.82) is 0 Å². The third-order valence-electron chi connectivity index (χ3n) is 11.1. The van der Waals surface area contributed by atoms with Crippen LogP contribution < -0.4 is 15.4 Å². The first-order chi connectivity index (χ1) is 24.2. The number of nitrogens with one attached hydrogen (secondary N) is 2. The second-order valence-electron chi connectivity index (χ2n) is 15.4. The second kappa shape index (κ2) is 14.3. The van der Waals surface area contributed by atoms with E-state index in [2.05, 4.69) is 36.3 Å². The molecule has 3 aliphatic rings. The first-order valence-electron chi connectivity index (χ1n) is 17.3. The molecule has 2 fully saturated rings. The molecule has 9 nitrogen and oxygen atoms in total. The molecule has 6 rings (SSSR count). The molecule has 272 valence electrons. The predicted octanol–water partition coefficient (Wildman–Crippen LogP) is 8.31. The van der Waals surface area contributed by atoms with Crippen LogP contribution in [0.4, 0.5) is 15.8 Å². The largest absolute Gasteiger partial charge is 0.495 e. The standard InChI is InChI=1S/C39H44Cl2FN3O6/c1-38(2,3)18-30-39(20-43-28-17-23(40)15-16-26(28)39)31(24-7-5-9-27(41)32(24)42)34(45(30)19-21-11-13-22(14-12-21)36(47)48)35(46)44-33-25(37(49)50)8-6-10-29(33)51-4/h5-10,15-17,21-22,30-31,34,43H,11-14,18-20H2,1-4H3,(H,44,46)(H,47,48)(H,49,50). The van der Waals surface area contributed by atoms with E-state index in [1.807, 2.05) is 18.2 Å². The van der Waals surface area contributed by atoms with Gasteiger partial charge in [-0.2, -0.15) is 0 Å². The molecule has 3 aromatic rings. The monoisotopic (exact) mass is 739 g/mol. The Balaban J connectivity index is 1.59. The van der Waals surface area contributed by atoms with Gasteiger partial charge >= 0.3 is 11.9 Å². The number of aromatic carboxylic acids is 1. The first kappa shape index (κ1) is 36.9. The van der Waals surface area contributed by atoms with Crippen LogP contribution >= 0.6 is 23.2 Å². The molecule has 1 aliphatic carbocycles. The fourth-order valence-electron chi connectivity index (χ4n) is 8.88. The minimum Gasteiger partial charge on any atom is -0.495 e. The van der Waals surface area contributed by atoms with Crippen LogP contribution in [-0.2, 0) is 15.0 Å². The van der Waals surface area contributed by atoms with E-state index >= 15 is 9.18 Å². The Morgan fingerprint density at radius 1 is 1.04 bits per heavy atom. The number of methoxy groups -OCH3 is 1. The van der Waals surface area contributed by atoms with E-state index in [9.17, 15) is 19.8 Å². The van der Waals surface area contributed by atoms with Crippen LogP contribution in [-0.4, -0.2) is 65.2 Å². The lowest BCUT2D eigenvalue weighted by atomic mass is 9.63. The van der Waals surface area contributed by atoms with Gasteiger partial charge in [0.05, 0.1) is 35.3 Å². The lowest BCUT2D eigenvalue weighted by molar-refractivity contribution is -0.143. The normalized spacial score (nSPS) is 26.1. The number of hydrogen-bond acceptors (Lipinski definition) is 6. The number of amides is 1. The fourth-order valence-corrected chi connectivity index (χ4v) is 9.23. The number of nitrogens with zero attached hydrogens (tertiary/aromatic N) is 1. The lowest BCUT2D eigenvalue weighted by Crippen LogP contribution is -2.50. The maximum Gasteiger partial charge on any atom is 0.337 e. The smallest absolute Gasteiger partial charge is 0.337 e. The van der Waals surface area contributed by atoms with Crippen LogP contribution in [0.25, 0.3) is 0 Å². The average molecular weight is 741 g/mol.